The highest BCUT2D eigenvalue weighted by Crippen LogP contribution is 2.37. The van der Waals surface area contributed by atoms with Crippen LogP contribution in [0.4, 0.5) is 5.82 Å². The number of hydrogen-bond acceptors (Lipinski definition) is 4. The van der Waals surface area contributed by atoms with Crippen LogP contribution in [-0.4, -0.2) is 20.2 Å². The lowest BCUT2D eigenvalue weighted by Gasteiger charge is -1.95. The highest BCUT2D eigenvalue weighted by atomic mass is 16.1. The van der Waals surface area contributed by atoms with Crippen LogP contribution in [0.3, 0.4) is 0 Å². The first-order valence-electron chi connectivity index (χ1n) is 4.49. The van der Waals surface area contributed by atoms with Gasteiger partial charge in [-0.15, -0.1) is 0 Å². The van der Waals surface area contributed by atoms with E-state index in [1.54, 1.807) is 0 Å². The second-order valence-corrected chi connectivity index (χ2v) is 3.56. The van der Waals surface area contributed by atoms with Crippen LogP contribution in [-0.2, 0) is 0 Å². The van der Waals surface area contributed by atoms with Gasteiger partial charge < -0.3 is 10.7 Å². The molecule has 2 heterocycles. The summed E-state index contributed by atoms with van der Waals surface area (Å²) >= 11 is 0. The second kappa shape index (κ2) is 2.34. The fourth-order valence-electron chi connectivity index (χ4n) is 1.52. The number of nitrogens with two attached hydrogens (primary N) is 1. The van der Waals surface area contributed by atoms with Crippen molar-refractivity contribution in [2.75, 3.05) is 5.73 Å². The Balaban J connectivity index is 2.34. The fraction of sp³-hybridized carbons (Fsp3) is 0.375. The molecule has 0 amide bonds. The molecule has 2 aromatic rings. The Kier molecular flexibility index (Phi) is 1.26. The zero-order chi connectivity index (χ0) is 9.71. The van der Waals surface area contributed by atoms with Gasteiger partial charge in [0.05, 0.1) is 0 Å². The van der Waals surface area contributed by atoms with Crippen LogP contribution in [0.25, 0.3) is 11.0 Å². The van der Waals surface area contributed by atoms with Gasteiger partial charge in [-0.25, -0.2) is 4.98 Å². The largest absolute Gasteiger partial charge is 0.383 e. The molecule has 1 fully saturated rings. The minimum absolute atomic E-state index is 0.205. The summed E-state index contributed by atoms with van der Waals surface area (Å²) in [4.78, 5) is 18.6. The van der Waals surface area contributed by atoms with Gasteiger partial charge in [0.25, 0.3) is 5.56 Å². The summed E-state index contributed by atoms with van der Waals surface area (Å²) in [5.74, 6) is 1.41. The molecule has 3 rings (SSSR count). The molecule has 0 aromatic carbocycles. The Morgan fingerprint density at radius 1 is 1.43 bits per heavy atom. The maximum Gasteiger partial charge on any atom is 0.264 e. The van der Waals surface area contributed by atoms with Gasteiger partial charge in [-0.3, -0.25) is 9.89 Å². The van der Waals surface area contributed by atoms with Crippen LogP contribution in [0, 0.1) is 0 Å². The Hall–Kier alpha value is -1.85. The number of aromatic nitrogens is 4. The molecule has 1 aliphatic rings. The van der Waals surface area contributed by atoms with Gasteiger partial charge in [0.15, 0.2) is 5.65 Å². The monoisotopic (exact) mass is 191 g/mol. The number of fused-ring (bicyclic) bond motifs is 1. The predicted molar refractivity (Wildman–Crippen MR) is 50.9 cm³/mol. The first-order valence-corrected chi connectivity index (χ1v) is 4.49. The molecule has 6 heteroatoms. The SMILES string of the molecule is Nc1[nH]nc2nc(C3CC3)[nH]c(=O)c12. The van der Waals surface area contributed by atoms with Crippen LogP contribution < -0.4 is 11.3 Å². The van der Waals surface area contributed by atoms with E-state index in [1.165, 1.54) is 0 Å². The Morgan fingerprint density at radius 3 is 2.93 bits per heavy atom. The smallest absolute Gasteiger partial charge is 0.264 e. The van der Waals surface area contributed by atoms with Crippen molar-refractivity contribution in [2.45, 2.75) is 18.8 Å². The molecule has 0 bridgehead atoms. The second-order valence-electron chi connectivity index (χ2n) is 3.56. The highest BCUT2D eigenvalue weighted by Gasteiger charge is 2.27. The van der Waals surface area contributed by atoms with Crippen molar-refractivity contribution in [3.63, 3.8) is 0 Å². The summed E-state index contributed by atoms with van der Waals surface area (Å²) in [6.45, 7) is 0. The molecule has 0 radical (unpaired) electrons. The summed E-state index contributed by atoms with van der Waals surface area (Å²) in [6.07, 6.45) is 2.18. The van der Waals surface area contributed by atoms with Gasteiger partial charge in [0.1, 0.15) is 17.0 Å². The first kappa shape index (κ1) is 7.54. The summed E-state index contributed by atoms with van der Waals surface area (Å²) in [6, 6.07) is 0. The molecule has 1 aliphatic carbocycles. The van der Waals surface area contributed by atoms with E-state index in [0.717, 1.165) is 18.7 Å². The summed E-state index contributed by atoms with van der Waals surface area (Å²) < 4.78 is 0. The van der Waals surface area contributed by atoms with E-state index in [-0.39, 0.29) is 11.4 Å². The number of hydrogen-bond donors (Lipinski definition) is 3. The first-order chi connectivity index (χ1) is 6.75. The minimum Gasteiger partial charge on any atom is -0.383 e. The van der Waals surface area contributed by atoms with Crippen LogP contribution in [0.5, 0.6) is 0 Å². The molecule has 14 heavy (non-hydrogen) atoms. The lowest BCUT2D eigenvalue weighted by atomic mass is 10.3. The number of nitrogen functional groups attached to an aromatic ring is 1. The highest BCUT2D eigenvalue weighted by molar-refractivity contribution is 5.84. The van der Waals surface area contributed by atoms with E-state index in [2.05, 4.69) is 20.2 Å². The van der Waals surface area contributed by atoms with Crippen LogP contribution >= 0.6 is 0 Å². The normalized spacial score (nSPS) is 16.3. The topological polar surface area (TPSA) is 100 Å². The molecule has 0 spiro atoms. The van der Waals surface area contributed by atoms with Gasteiger partial charge >= 0.3 is 0 Å². The molecule has 72 valence electrons. The van der Waals surface area contributed by atoms with E-state index >= 15 is 0 Å². The predicted octanol–water partition coefficient (Wildman–Crippen LogP) is 0.106. The average molecular weight is 191 g/mol. The molecule has 2 aromatic heterocycles. The summed E-state index contributed by atoms with van der Waals surface area (Å²) in [7, 11) is 0. The Labute approximate surface area is 78.5 Å². The maximum absolute atomic E-state index is 11.6. The van der Waals surface area contributed by atoms with Crippen molar-refractivity contribution in [3.05, 3.63) is 16.2 Å². The molecular weight excluding hydrogens is 182 g/mol. The fourth-order valence-corrected chi connectivity index (χ4v) is 1.52. The minimum atomic E-state index is -0.205. The van der Waals surface area contributed by atoms with E-state index in [0.29, 0.717) is 17.0 Å². The molecule has 6 nitrogen and oxygen atoms in total. The molecule has 0 saturated heterocycles. The number of aromatic amines is 2. The number of nitrogens with one attached hydrogen (secondary N) is 2. The standard InChI is InChI=1S/C8H9N5O/c9-5-4-7(13-12-5)10-6(3-1-2-3)11-8(4)14/h3H,1-2H2,(H4,9,10,11,12,13,14). The number of H-pyrrole nitrogens is 2. The lowest BCUT2D eigenvalue weighted by molar-refractivity contribution is 0.923. The molecule has 0 atom stereocenters. The van der Waals surface area contributed by atoms with E-state index in [1.807, 2.05) is 0 Å². The zero-order valence-electron chi connectivity index (χ0n) is 7.37. The average Bonchev–Trinajstić information content (AvgIpc) is 2.92. The third-order valence-corrected chi connectivity index (χ3v) is 2.43. The Morgan fingerprint density at radius 2 is 2.21 bits per heavy atom. The van der Waals surface area contributed by atoms with Crippen LogP contribution in [0.15, 0.2) is 4.79 Å². The molecular formula is C8H9N5O. The van der Waals surface area contributed by atoms with Crippen molar-refractivity contribution in [1.82, 2.24) is 20.2 Å². The molecule has 1 saturated carbocycles. The van der Waals surface area contributed by atoms with Crippen molar-refractivity contribution in [2.24, 2.45) is 0 Å². The summed E-state index contributed by atoms with van der Waals surface area (Å²) in [5, 5.41) is 6.77. The van der Waals surface area contributed by atoms with Gasteiger partial charge in [-0.2, -0.15) is 5.10 Å². The van der Waals surface area contributed by atoms with E-state index in [9.17, 15) is 4.79 Å². The molecule has 0 aliphatic heterocycles. The van der Waals surface area contributed by atoms with Crippen molar-refractivity contribution < 1.29 is 0 Å². The van der Waals surface area contributed by atoms with Gasteiger partial charge in [0.2, 0.25) is 0 Å². The van der Waals surface area contributed by atoms with Gasteiger partial charge in [-0.05, 0) is 12.8 Å². The van der Waals surface area contributed by atoms with Crippen LogP contribution in [0.2, 0.25) is 0 Å². The van der Waals surface area contributed by atoms with Crippen molar-refractivity contribution in [1.29, 1.82) is 0 Å². The van der Waals surface area contributed by atoms with E-state index in [4.69, 9.17) is 5.73 Å². The third-order valence-electron chi connectivity index (χ3n) is 2.43. The third kappa shape index (κ3) is 0.935. The lowest BCUT2D eigenvalue weighted by Crippen LogP contribution is -2.11. The maximum atomic E-state index is 11.6. The van der Waals surface area contributed by atoms with Gasteiger partial charge in [0, 0.05) is 5.92 Å². The number of rotatable bonds is 1. The van der Waals surface area contributed by atoms with Crippen molar-refractivity contribution in [3.8, 4) is 0 Å². The van der Waals surface area contributed by atoms with Crippen molar-refractivity contribution >= 4 is 16.9 Å². The quantitative estimate of drug-likeness (QED) is 0.595. The Bertz CT molecular complexity index is 550. The van der Waals surface area contributed by atoms with E-state index < -0.39 is 0 Å². The number of nitrogens with zero attached hydrogens (tertiary/aromatic N) is 2. The van der Waals surface area contributed by atoms with Crippen LogP contribution in [0.1, 0.15) is 24.6 Å². The zero-order valence-corrected chi connectivity index (χ0v) is 7.37. The molecule has 0 unspecified atom stereocenters. The molecule has 4 N–H and O–H groups in total. The summed E-state index contributed by atoms with van der Waals surface area (Å²) in [5.41, 5.74) is 5.75. The van der Waals surface area contributed by atoms with Gasteiger partial charge in [-0.1, -0.05) is 0 Å². The number of anilines is 1.